The van der Waals surface area contributed by atoms with Crippen molar-refractivity contribution in [3.63, 3.8) is 0 Å². The van der Waals surface area contributed by atoms with Crippen molar-refractivity contribution in [2.75, 3.05) is 44.9 Å². The molecule has 1 heterocycles. The predicted molar refractivity (Wildman–Crippen MR) is 92.7 cm³/mol. The molecule has 0 aliphatic carbocycles. The predicted octanol–water partition coefficient (Wildman–Crippen LogP) is 1.97. The monoisotopic (exact) mass is 323 g/mol. The summed E-state index contributed by atoms with van der Waals surface area (Å²) in [5.74, 6) is 3.77. The second-order valence-electron chi connectivity index (χ2n) is 5.12. The molecule has 0 bridgehead atoms. The van der Waals surface area contributed by atoms with E-state index in [2.05, 4.69) is 9.89 Å². The standard InChI is InChI=1S/C16H25N3O2S/c1-20-8-3-9-21-15-5-2-4-14(12-15)13-18-16(17)19-6-10-22-11-7-19/h2,4-5,12H,3,6-11,13H2,1H3,(H2,17,18). The third kappa shape index (κ3) is 5.77. The summed E-state index contributed by atoms with van der Waals surface area (Å²) in [6.45, 7) is 3.94. The Morgan fingerprint density at radius 3 is 2.91 bits per heavy atom. The van der Waals surface area contributed by atoms with Gasteiger partial charge in [0.05, 0.1) is 13.2 Å². The lowest BCUT2D eigenvalue weighted by molar-refractivity contribution is 0.172. The fraction of sp³-hybridized carbons (Fsp3) is 0.562. The van der Waals surface area contributed by atoms with Crippen molar-refractivity contribution < 1.29 is 9.47 Å². The van der Waals surface area contributed by atoms with Gasteiger partial charge in [-0.05, 0) is 17.7 Å². The van der Waals surface area contributed by atoms with Crippen LogP contribution >= 0.6 is 11.8 Å². The molecule has 2 rings (SSSR count). The maximum absolute atomic E-state index is 6.07. The number of thioether (sulfide) groups is 1. The lowest BCUT2D eigenvalue weighted by Crippen LogP contribution is -2.42. The van der Waals surface area contributed by atoms with Crippen LogP contribution in [0.15, 0.2) is 29.3 Å². The molecule has 6 heteroatoms. The van der Waals surface area contributed by atoms with Crippen molar-refractivity contribution in [3.8, 4) is 5.75 Å². The Hall–Kier alpha value is -1.40. The second-order valence-corrected chi connectivity index (χ2v) is 6.34. The van der Waals surface area contributed by atoms with Crippen LogP contribution in [0.1, 0.15) is 12.0 Å². The molecule has 5 nitrogen and oxygen atoms in total. The molecule has 0 amide bonds. The van der Waals surface area contributed by atoms with Gasteiger partial charge in [0.25, 0.3) is 0 Å². The van der Waals surface area contributed by atoms with Crippen molar-refractivity contribution in [1.29, 1.82) is 0 Å². The quantitative estimate of drug-likeness (QED) is 0.472. The molecular weight excluding hydrogens is 298 g/mol. The molecule has 1 aromatic rings. The average molecular weight is 323 g/mol. The van der Waals surface area contributed by atoms with Crippen LogP contribution in [0.25, 0.3) is 0 Å². The van der Waals surface area contributed by atoms with E-state index in [0.29, 0.717) is 25.7 Å². The van der Waals surface area contributed by atoms with E-state index in [9.17, 15) is 0 Å². The van der Waals surface area contributed by atoms with E-state index in [1.54, 1.807) is 7.11 Å². The zero-order valence-electron chi connectivity index (χ0n) is 13.2. The van der Waals surface area contributed by atoms with Gasteiger partial charge in [-0.25, -0.2) is 4.99 Å². The zero-order valence-corrected chi connectivity index (χ0v) is 14.0. The molecule has 0 saturated carbocycles. The first-order valence-electron chi connectivity index (χ1n) is 7.63. The molecule has 1 aliphatic heterocycles. The number of aliphatic imine (C=N–C) groups is 1. The largest absolute Gasteiger partial charge is 0.493 e. The van der Waals surface area contributed by atoms with Crippen LogP contribution in [0.5, 0.6) is 5.75 Å². The molecule has 1 saturated heterocycles. The number of nitrogens with zero attached hydrogens (tertiary/aromatic N) is 2. The summed E-state index contributed by atoms with van der Waals surface area (Å²) < 4.78 is 10.7. The van der Waals surface area contributed by atoms with E-state index in [1.165, 1.54) is 0 Å². The molecule has 1 aromatic carbocycles. The van der Waals surface area contributed by atoms with Gasteiger partial charge in [0.2, 0.25) is 0 Å². The smallest absolute Gasteiger partial charge is 0.191 e. The number of guanidine groups is 1. The van der Waals surface area contributed by atoms with Gasteiger partial charge in [0.15, 0.2) is 5.96 Å². The fourth-order valence-corrected chi connectivity index (χ4v) is 3.09. The van der Waals surface area contributed by atoms with Crippen molar-refractivity contribution in [3.05, 3.63) is 29.8 Å². The number of methoxy groups -OCH3 is 1. The van der Waals surface area contributed by atoms with E-state index in [1.807, 2.05) is 36.0 Å². The Labute approximate surface area is 136 Å². The molecule has 0 atom stereocenters. The maximum Gasteiger partial charge on any atom is 0.191 e. The summed E-state index contributed by atoms with van der Waals surface area (Å²) in [6, 6.07) is 8.02. The SMILES string of the molecule is COCCCOc1cccc(CN=C(N)N2CCSCC2)c1. The van der Waals surface area contributed by atoms with Crippen LogP contribution in [-0.4, -0.2) is 55.8 Å². The molecule has 0 aromatic heterocycles. The molecule has 1 fully saturated rings. The summed E-state index contributed by atoms with van der Waals surface area (Å²) in [5.41, 5.74) is 7.18. The first-order chi connectivity index (χ1) is 10.8. The fourth-order valence-electron chi connectivity index (χ4n) is 2.19. The number of benzene rings is 1. The van der Waals surface area contributed by atoms with E-state index in [-0.39, 0.29) is 0 Å². The highest BCUT2D eigenvalue weighted by molar-refractivity contribution is 7.99. The summed E-state index contributed by atoms with van der Waals surface area (Å²) in [4.78, 5) is 6.66. The Balaban J connectivity index is 1.84. The van der Waals surface area contributed by atoms with Gasteiger partial charge >= 0.3 is 0 Å². The normalized spacial score (nSPS) is 15.9. The molecule has 1 aliphatic rings. The van der Waals surface area contributed by atoms with Gasteiger partial charge in [0.1, 0.15) is 5.75 Å². The van der Waals surface area contributed by atoms with Crippen molar-refractivity contribution in [2.24, 2.45) is 10.7 Å². The number of hydrogen-bond donors (Lipinski definition) is 1. The third-order valence-corrected chi connectivity index (χ3v) is 4.36. The molecule has 22 heavy (non-hydrogen) atoms. The Morgan fingerprint density at radius 2 is 2.14 bits per heavy atom. The van der Waals surface area contributed by atoms with Gasteiger partial charge in [-0.1, -0.05) is 12.1 Å². The molecule has 0 spiro atoms. The Morgan fingerprint density at radius 1 is 1.32 bits per heavy atom. The van der Waals surface area contributed by atoms with Gasteiger partial charge in [-0.3, -0.25) is 0 Å². The minimum absolute atomic E-state index is 0.588. The van der Waals surface area contributed by atoms with Crippen molar-refractivity contribution >= 4 is 17.7 Å². The topological polar surface area (TPSA) is 60.1 Å². The van der Waals surface area contributed by atoms with E-state index in [0.717, 1.165) is 42.3 Å². The summed E-state index contributed by atoms with van der Waals surface area (Å²) in [7, 11) is 1.70. The first-order valence-corrected chi connectivity index (χ1v) is 8.78. The number of hydrogen-bond acceptors (Lipinski definition) is 4. The molecule has 2 N–H and O–H groups in total. The average Bonchev–Trinajstić information content (AvgIpc) is 2.58. The van der Waals surface area contributed by atoms with Crippen LogP contribution in [0, 0.1) is 0 Å². The van der Waals surface area contributed by atoms with Crippen molar-refractivity contribution in [2.45, 2.75) is 13.0 Å². The van der Waals surface area contributed by atoms with E-state index in [4.69, 9.17) is 15.2 Å². The van der Waals surface area contributed by atoms with Crippen LogP contribution in [0.3, 0.4) is 0 Å². The van der Waals surface area contributed by atoms with Crippen LogP contribution in [-0.2, 0) is 11.3 Å². The summed E-state index contributed by atoms with van der Waals surface area (Å²) in [6.07, 6.45) is 0.888. The lowest BCUT2D eigenvalue weighted by Gasteiger charge is -2.27. The molecular formula is C16H25N3O2S. The Kier molecular flexibility index (Phi) is 7.39. The minimum Gasteiger partial charge on any atom is -0.493 e. The minimum atomic E-state index is 0.588. The van der Waals surface area contributed by atoms with Crippen LogP contribution < -0.4 is 10.5 Å². The summed E-state index contributed by atoms with van der Waals surface area (Å²) in [5, 5.41) is 0. The highest BCUT2D eigenvalue weighted by Crippen LogP contribution is 2.15. The zero-order chi connectivity index (χ0) is 15.6. The Bertz CT molecular complexity index is 476. The number of ether oxygens (including phenoxy) is 2. The summed E-state index contributed by atoms with van der Waals surface area (Å²) >= 11 is 1.97. The number of nitrogens with two attached hydrogens (primary N) is 1. The highest BCUT2D eigenvalue weighted by atomic mass is 32.2. The lowest BCUT2D eigenvalue weighted by atomic mass is 10.2. The van der Waals surface area contributed by atoms with Crippen LogP contribution in [0.2, 0.25) is 0 Å². The van der Waals surface area contributed by atoms with Gasteiger partial charge in [0, 0.05) is 44.7 Å². The van der Waals surface area contributed by atoms with Crippen molar-refractivity contribution in [1.82, 2.24) is 4.90 Å². The molecule has 0 radical (unpaired) electrons. The second kappa shape index (κ2) is 9.58. The first kappa shape index (κ1) is 17.0. The molecule has 0 unspecified atom stereocenters. The molecule has 122 valence electrons. The number of rotatable bonds is 7. The van der Waals surface area contributed by atoms with Gasteiger partial charge in [-0.15, -0.1) is 0 Å². The van der Waals surface area contributed by atoms with Gasteiger partial charge < -0.3 is 20.1 Å². The maximum atomic E-state index is 6.07. The van der Waals surface area contributed by atoms with E-state index >= 15 is 0 Å². The van der Waals surface area contributed by atoms with Gasteiger partial charge in [-0.2, -0.15) is 11.8 Å². The highest BCUT2D eigenvalue weighted by Gasteiger charge is 2.11. The van der Waals surface area contributed by atoms with Crippen LogP contribution in [0.4, 0.5) is 0 Å². The van der Waals surface area contributed by atoms with E-state index < -0.39 is 0 Å². The third-order valence-electron chi connectivity index (χ3n) is 3.42.